The number of rotatable bonds is 6. The molecule has 2 N–H and O–H groups in total. The van der Waals surface area contributed by atoms with Crippen LogP contribution in [0.1, 0.15) is 23.3 Å². The number of aromatic nitrogens is 2. The van der Waals surface area contributed by atoms with Crippen LogP contribution < -0.4 is 15.4 Å². The monoisotopic (exact) mass is 386 g/mol. The molecule has 0 bridgehead atoms. The van der Waals surface area contributed by atoms with Crippen molar-refractivity contribution in [2.24, 2.45) is 0 Å². The number of urea groups is 1. The van der Waals surface area contributed by atoms with Gasteiger partial charge in [0.15, 0.2) is 5.82 Å². The van der Waals surface area contributed by atoms with E-state index >= 15 is 0 Å². The molecule has 1 aromatic heterocycles. The SMILES string of the molecule is COc1ccc(CC(NC(=O)Nc2ccc(Cl)cc2)c2noc(C)n2)cc1. The Balaban J connectivity index is 1.73. The first-order chi connectivity index (χ1) is 13.0. The van der Waals surface area contributed by atoms with E-state index in [0.717, 1.165) is 11.3 Å². The third-order valence-corrected chi connectivity index (χ3v) is 4.11. The Kier molecular flexibility index (Phi) is 5.93. The highest BCUT2D eigenvalue weighted by atomic mass is 35.5. The zero-order valence-electron chi connectivity index (χ0n) is 14.9. The Bertz CT molecular complexity index is 894. The Morgan fingerprint density at radius 2 is 1.89 bits per heavy atom. The van der Waals surface area contributed by atoms with E-state index in [-0.39, 0.29) is 6.03 Å². The number of carbonyl (C=O) groups excluding carboxylic acids is 1. The van der Waals surface area contributed by atoms with Gasteiger partial charge in [-0.2, -0.15) is 4.98 Å². The van der Waals surface area contributed by atoms with E-state index in [1.807, 2.05) is 24.3 Å². The van der Waals surface area contributed by atoms with E-state index in [9.17, 15) is 4.79 Å². The topological polar surface area (TPSA) is 89.3 Å². The largest absolute Gasteiger partial charge is 0.497 e. The number of halogens is 1. The average Bonchev–Trinajstić information content (AvgIpc) is 3.10. The Labute approximate surface area is 161 Å². The number of hydrogen-bond donors (Lipinski definition) is 2. The van der Waals surface area contributed by atoms with Crippen LogP contribution in [0.5, 0.6) is 5.75 Å². The van der Waals surface area contributed by atoms with Crippen molar-refractivity contribution in [1.82, 2.24) is 15.5 Å². The summed E-state index contributed by atoms with van der Waals surface area (Å²) >= 11 is 5.86. The van der Waals surface area contributed by atoms with Crippen molar-refractivity contribution in [3.05, 3.63) is 70.8 Å². The standard InChI is InChI=1S/C19H19ClN4O3/c1-12-21-18(24-27-12)17(11-13-3-9-16(26-2)10-4-13)23-19(25)22-15-7-5-14(20)6-8-15/h3-10,17H,11H2,1-2H3,(H2,22,23,25). The summed E-state index contributed by atoms with van der Waals surface area (Å²) in [5.41, 5.74) is 1.62. The average molecular weight is 387 g/mol. The van der Waals surface area contributed by atoms with Gasteiger partial charge in [-0.05, 0) is 42.0 Å². The summed E-state index contributed by atoms with van der Waals surface area (Å²) in [4.78, 5) is 16.7. The highest BCUT2D eigenvalue weighted by molar-refractivity contribution is 6.30. The highest BCUT2D eigenvalue weighted by Crippen LogP contribution is 2.19. The number of nitrogens with one attached hydrogen (secondary N) is 2. The molecule has 0 fully saturated rings. The van der Waals surface area contributed by atoms with Crippen LogP contribution >= 0.6 is 11.6 Å². The molecule has 2 amide bonds. The van der Waals surface area contributed by atoms with Crippen LogP contribution in [0, 0.1) is 6.92 Å². The summed E-state index contributed by atoms with van der Waals surface area (Å²) in [5.74, 6) is 1.61. The van der Waals surface area contributed by atoms with Gasteiger partial charge in [0.25, 0.3) is 0 Å². The number of methoxy groups -OCH3 is 1. The second kappa shape index (κ2) is 8.55. The molecule has 3 aromatic rings. The molecule has 1 heterocycles. The van der Waals surface area contributed by atoms with Crippen LogP contribution in [0.25, 0.3) is 0 Å². The fraction of sp³-hybridized carbons (Fsp3) is 0.211. The van der Waals surface area contributed by atoms with Gasteiger partial charge in [-0.3, -0.25) is 0 Å². The lowest BCUT2D eigenvalue weighted by molar-refractivity contribution is 0.247. The summed E-state index contributed by atoms with van der Waals surface area (Å²) in [6.45, 7) is 1.70. The van der Waals surface area contributed by atoms with Crippen LogP contribution in [-0.4, -0.2) is 23.3 Å². The lowest BCUT2D eigenvalue weighted by atomic mass is 10.1. The number of amides is 2. The highest BCUT2D eigenvalue weighted by Gasteiger charge is 2.20. The predicted molar refractivity (Wildman–Crippen MR) is 102 cm³/mol. The van der Waals surface area contributed by atoms with E-state index in [1.165, 1.54) is 0 Å². The van der Waals surface area contributed by atoms with E-state index in [4.69, 9.17) is 20.9 Å². The number of nitrogens with zero attached hydrogens (tertiary/aromatic N) is 2. The molecule has 1 unspecified atom stereocenters. The minimum absolute atomic E-state index is 0.377. The molecule has 0 spiro atoms. The summed E-state index contributed by atoms with van der Waals surface area (Å²) in [6, 6.07) is 13.6. The normalized spacial score (nSPS) is 11.7. The lowest BCUT2D eigenvalue weighted by Gasteiger charge is -2.16. The Morgan fingerprint density at radius 3 is 2.48 bits per heavy atom. The van der Waals surface area contributed by atoms with Crippen LogP contribution in [-0.2, 0) is 6.42 Å². The molecule has 3 rings (SSSR count). The third kappa shape index (κ3) is 5.21. The maximum atomic E-state index is 12.4. The van der Waals surface area contributed by atoms with Gasteiger partial charge in [-0.15, -0.1) is 0 Å². The van der Waals surface area contributed by atoms with Gasteiger partial charge >= 0.3 is 6.03 Å². The molecule has 7 nitrogen and oxygen atoms in total. The minimum atomic E-state index is -0.455. The first-order valence-corrected chi connectivity index (χ1v) is 8.67. The maximum absolute atomic E-state index is 12.4. The first-order valence-electron chi connectivity index (χ1n) is 8.29. The van der Waals surface area contributed by atoms with Crippen molar-refractivity contribution in [2.45, 2.75) is 19.4 Å². The molecular weight excluding hydrogens is 368 g/mol. The molecule has 8 heteroatoms. The van der Waals surface area contributed by atoms with Crippen LogP contribution in [0.4, 0.5) is 10.5 Å². The summed E-state index contributed by atoms with van der Waals surface area (Å²) < 4.78 is 10.2. The fourth-order valence-corrected chi connectivity index (χ4v) is 2.65. The molecule has 1 atom stereocenters. The maximum Gasteiger partial charge on any atom is 0.319 e. The number of ether oxygens (including phenoxy) is 1. The lowest BCUT2D eigenvalue weighted by Crippen LogP contribution is -2.34. The predicted octanol–water partition coefficient (Wildman–Crippen LogP) is 4.15. The summed E-state index contributed by atoms with van der Waals surface area (Å²) in [6.07, 6.45) is 0.497. The fourth-order valence-electron chi connectivity index (χ4n) is 2.52. The number of benzene rings is 2. The number of anilines is 1. The molecule has 0 saturated carbocycles. The van der Waals surface area contributed by atoms with E-state index in [1.54, 1.807) is 38.3 Å². The summed E-state index contributed by atoms with van der Waals surface area (Å²) in [7, 11) is 1.61. The van der Waals surface area contributed by atoms with Crippen molar-refractivity contribution in [3.63, 3.8) is 0 Å². The smallest absolute Gasteiger partial charge is 0.319 e. The van der Waals surface area contributed by atoms with Gasteiger partial charge in [0.2, 0.25) is 5.89 Å². The van der Waals surface area contributed by atoms with Crippen molar-refractivity contribution in [2.75, 3.05) is 12.4 Å². The molecule has 0 aliphatic carbocycles. The molecule has 27 heavy (non-hydrogen) atoms. The van der Waals surface area contributed by atoms with Crippen LogP contribution in [0.3, 0.4) is 0 Å². The van der Waals surface area contributed by atoms with Crippen molar-refractivity contribution >= 4 is 23.3 Å². The molecule has 0 aliphatic rings. The minimum Gasteiger partial charge on any atom is -0.497 e. The second-order valence-electron chi connectivity index (χ2n) is 5.88. The van der Waals surface area contributed by atoms with Crippen molar-refractivity contribution in [3.8, 4) is 5.75 Å². The number of carbonyl (C=O) groups is 1. The third-order valence-electron chi connectivity index (χ3n) is 3.86. The summed E-state index contributed by atoms with van der Waals surface area (Å²) in [5, 5.41) is 10.2. The van der Waals surface area contributed by atoms with Gasteiger partial charge in [-0.1, -0.05) is 28.9 Å². The van der Waals surface area contributed by atoms with Crippen LogP contribution in [0.2, 0.25) is 5.02 Å². The molecule has 140 valence electrons. The van der Waals surface area contributed by atoms with Crippen molar-refractivity contribution < 1.29 is 14.1 Å². The Morgan fingerprint density at radius 1 is 1.19 bits per heavy atom. The van der Waals surface area contributed by atoms with E-state index in [0.29, 0.717) is 28.8 Å². The first kappa shape index (κ1) is 18.7. The van der Waals surface area contributed by atoms with E-state index < -0.39 is 6.04 Å². The van der Waals surface area contributed by atoms with Crippen molar-refractivity contribution in [1.29, 1.82) is 0 Å². The van der Waals surface area contributed by atoms with Gasteiger partial charge in [0.05, 0.1) is 13.2 Å². The van der Waals surface area contributed by atoms with E-state index in [2.05, 4.69) is 20.8 Å². The molecule has 0 saturated heterocycles. The molecular formula is C19H19ClN4O3. The Hall–Kier alpha value is -3.06. The number of aryl methyl sites for hydroxylation is 1. The van der Waals surface area contributed by atoms with Gasteiger partial charge < -0.3 is 19.9 Å². The molecule has 0 radical (unpaired) electrons. The zero-order valence-corrected chi connectivity index (χ0v) is 15.7. The number of hydrogen-bond acceptors (Lipinski definition) is 5. The molecule has 2 aromatic carbocycles. The zero-order chi connectivity index (χ0) is 19.2. The van der Waals surface area contributed by atoms with Gasteiger partial charge in [-0.25, -0.2) is 4.79 Å². The van der Waals surface area contributed by atoms with Crippen LogP contribution in [0.15, 0.2) is 53.1 Å². The molecule has 0 aliphatic heterocycles. The van der Waals surface area contributed by atoms with Gasteiger partial charge in [0.1, 0.15) is 5.75 Å². The van der Waals surface area contributed by atoms with Gasteiger partial charge in [0, 0.05) is 24.1 Å². The quantitative estimate of drug-likeness (QED) is 0.664. The second-order valence-corrected chi connectivity index (χ2v) is 6.32.